The minimum absolute atomic E-state index is 0.207. The van der Waals surface area contributed by atoms with Gasteiger partial charge in [-0.2, -0.15) is 0 Å². The van der Waals surface area contributed by atoms with Gasteiger partial charge < -0.3 is 14.9 Å². The lowest BCUT2D eigenvalue weighted by molar-refractivity contribution is -0.175. The van der Waals surface area contributed by atoms with E-state index >= 15 is 0 Å². The molecular weight excluding hydrogens is 172 g/mol. The highest BCUT2D eigenvalue weighted by Crippen LogP contribution is 2.10. The highest BCUT2D eigenvalue weighted by molar-refractivity contribution is 5.86. The van der Waals surface area contributed by atoms with Crippen LogP contribution in [0.5, 0.6) is 0 Å². The largest absolute Gasteiger partial charge is 0.432 e. The second-order valence-corrected chi connectivity index (χ2v) is 2.93. The fourth-order valence-electron chi connectivity index (χ4n) is 0.727. The molecule has 0 aliphatic rings. The number of carbonyl (C=O) groups excluding carboxylic acids is 1. The van der Waals surface area contributed by atoms with Gasteiger partial charge >= 0.3 is 5.97 Å². The first kappa shape index (κ1) is 12.1. The molecule has 4 nitrogen and oxygen atoms in total. The number of aliphatic hydroxyl groups excluding tert-OH is 2. The Morgan fingerprint density at radius 2 is 2.15 bits per heavy atom. The summed E-state index contributed by atoms with van der Waals surface area (Å²) in [5.41, 5.74) is 0.229. The van der Waals surface area contributed by atoms with Crippen molar-refractivity contribution in [1.82, 2.24) is 0 Å². The standard InChI is InChI=1S/C9H16O4/c1-4-7(5-10)9(12)13-8(11)6(2)3/h7,9-10,12H,2,4-5H2,1,3H3. The van der Waals surface area contributed by atoms with Gasteiger partial charge in [0.2, 0.25) is 6.29 Å². The van der Waals surface area contributed by atoms with Crippen molar-refractivity contribution in [2.45, 2.75) is 26.6 Å². The molecule has 4 heteroatoms. The second kappa shape index (κ2) is 5.72. The van der Waals surface area contributed by atoms with Crippen LogP contribution in [0.15, 0.2) is 12.2 Å². The van der Waals surface area contributed by atoms with Gasteiger partial charge in [-0.15, -0.1) is 0 Å². The first-order valence-electron chi connectivity index (χ1n) is 4.18. The molecule has 0 saturated carbocycles. The van der Waals surface area contributed by atoms with Gasteiger partial charge in [0, 0.05) is 11.5 Å². The maximum Gasteiger partial charge on any atom is 0.335 e. The molecule has 0 aliphatic heterocycles. The number of hydrogen-bond acceptors (Lipinski definition) is 4. The van der Waals surface area contributed by atoms with Gasteiger partial charge in [-0.3, -0.25) is 0 Å². The minimum atomic E-state index is -1.25. The Kier molecular flexibility index (Phi) is 5.34. The quantitative estimate of drug-likeness (QED) is 0.373. The molecule has 0 fully saturated rings. The Morgan fingerprint density at radius 3 is 2.46 bits per heavy atom. The van der Waals surface area contributed by atoms with Crippen LogP contribution in [-0.2, 0) is 9.53 Å². The van der Waals surface area contributed by atoms with Crippen molar-refractivity contribution in [3.8, 4) is 0 Å². The number of ether oxygens (including phenoxy) is 1. The van der Waals surface area contributed by atoms with Crippen LogP contribution >= 0.6 is 0 Å². The lowest BCUT2D eigenvalue weighted by atomic mass is 10.1. The van der Waals surface area contributed by atoms with Crippen LogP contribution in [0, 0.1) is 5.92 Å². The Balaban J connectivity index is 4.04. The van der Waals surface area contributed by atoms with Crippen molar-refractivity contribution in [3.63, 3.8) is 0 Å². The van der Waals surface area contributed by atoms with Crippen molar-refractivity contribution >= 4 is 5.97 Å². The summed E-state index contributed by atoms with van der Waals surface area (Å²) >= 11 is 0. The zero-order valence-corrected chi connectivity index (χ0v) is 7.99. The predicted octanol–water partition coefficient (Wildman–Crippen LogP) is 0.443. The molecule has 0 saturated heterocycles. The summed E-state index contributed by atoms with van der Waals surface area (Å²) < 4.78 is 4.61. The molecule has 0 heterocycles. The highest BCUT2D eigenvalue weighted by Gasteiger charge is 2.20. The predicted molar refractivity (Wildman–Crippen MR) is 47.8 cm³/mol. The maximum atomic E-state index is 10.9. The summed E-state index contributed by atoms with van der Waals surface area (Å²) in [6.07, 6.45) is -0.708. The van der Waals surface area contributed by atoms with Crippen LogP contribution in [-0.4, -0.2) is 29.1 Å². The Morgan fingerprint density at radius 1 is 1.62 bits per heavy atom. The normalized spacial score (nSPS) is 14.8. The van der Waals surface area contributed by atoms with Crippen LogP contribution in [0.25, 0.3) is 0 Å². The molecule has 0 radical (unpaired) electrons. The van der Waals surface area contributed by atoms with Crippen molar-refractivity contribution in [2.24, 2.45) is 5.92 Å². The molecule has 0 aromatic carbocycles. The average Bonchev–Trinajstić information content (AvgIpc) is 2.06. The van der Waals surface area contributed by atoms with Gasteiger partial charge in [-0.05, 0) is 13.3 Å². The Bertz CT molecular complexity index is 184. The number of esters is 1. The summed E-state index contributed by atoms with van der Waals surface area (Å²) in [4.78, 5) is 10.9. The fourth-order valence-corrected chi connectivity index (χ4v) is 0.727. The molecular formula is C9H16O4. The molecule has 0 spiro atoms. The summed E-state index contributed by atoms with van der Waals surface area (Å²) in [6.45, 7) is 6.45. The molecule has 2 N–H and O–H groups in total. The van der Waals surface area contributed by atoms with E-state index < -0.39 is 18.2 Å². The van der Waals surface area contributed by atoms with Gasteiger partial charge in [0.25, 0.3) is 0 Å². The summed E-state index contributed by atoms with van der Waals surface area (Å²) in [5, 5.41) is 18.1. The van der Waals surface area contributed by atoms with Gasteiger partial charge in [0.1, 0.15) is 0 Å². The summed E-state index contributed by atoms with van der Waals surface area (Å²) in [6, 6.07) is 0. The Hall–Kier alpha value is -0.870. The molecule has 0 aliphatic carbocycles. The van der Waals surface area contributed by atoms with Crippen molar-refractivity contribution in [3.05, 3.63) is 12.2 Å². The van der Waals surface area contributed by atoms with Crippen LogP contribution in [0.1, 0.15) is 20.3 Å². The second-order valence-electron chi connectivity index (χ2n) is 2.93. The van der Waals surface area contributed by atoms with Gasteiger partial charge in [0.15, 0.2) is 0 Å². The molecule has 0 aromatic heterocycles. The lowest BCUT2D eigenvalue weighted by Gasteiger charge is -2.19. The van der Waals surface area contributed by atoms with Crippen molar-refractivity contribution in [1.29, 1.82) is 0 Å². The van der Waals surface area contributed by atoms with Crippen molar-refractivity contribution in [2.75, 3.05) is 6.61 Å². The fraction of sp³-hybridized carbons (Fsp3) is 0.667. The van der Waals surface area contributed by atoms with E-state index in [1.54, 1.807) is 6.92 Å². The zero-order valence-electron chi connectivity index (χ0n) is 7.99. The number of aliphatic hydroxyl groups is 2. The smallest absolute Gasteiger partial charge is 0.335 e. The van der Waals surface area contributed by atoms with Crippen LogP contribution in [0.2, 0.25) is 0 Å². The maximum absolute atomic E-state index is 10.9. The monoisotopic (exact) mass is 188 g/mol. The van der Waals surface area contributed by atoms with Crippen molar-refractivity contribution < 1.29 is 19.7 Å². The first-order chi connectivity index (χ1) is 6.02. The van der Waals surface area contributed by atoms with E-state index in [4.69, 9.17) is 5.11 Å². The number of rotatable bonds is 5. The third kappa shape index (κ3) is 4.05. The van der Waals surface area contributed by atoms with E-state index in [9.17, 15) is 9.90 Å². The molecule has 0 rings (SSSR count). The zero-order chi connectivity index (χ0) is 10.4. The molecule has 2 atom stereocenters. The third-order valence-electron chi connectivity index (χ3n) is 1.74. The molecule has 0 aromatic rings. The molecule has 13 heavy (non-hydrogen) atoms. The lowest BCUT2D eigenvalue weighted by Crippen LogP contribution is -2.28. The van der Waals surface area contributed by atoms with E-state index in [0.717, 1.165) is 0 Å². The van der Waals surface area contributed by atoms with Crippen LogP contribution < -0.4 is 0 Å². The van der Waals surface area contributed by atoms with Gasteiger partial charge in [0.05, 0.1) is 6.61 Å². The molecule has 2 unspecified atom stereocenters. The minimum Gasteiger partial charge on any atom is -0.432 e. The number of carbonyl (C=O) groups is 1. The molecule has 0 amide bonds. The average molecular weight is 188 g/mol. The topological polar surface area (TPSA) is 66.8 Å². The van der Waals surface area contributed by atoms with E-state index in [-0.39, 0.29) is 12.2 Å². The Labute approximate surface area is 77.8 Å². The van der Waals surface area contributed by atoms with Crippen LogP contribution in [0.3, 0.4) is 0 Å². The van der Waals surface area contributed by atoms with E-state index in [0.29, 0.717) is 6.42 Å². The molecule has 76 valence electrons. The van der Waals surface area contributed by atoms with Crippen LogP contribution in [0.4, 0.5) is 0 Å². The van der Waals surface area contributed by atoms with E-state index in [2.05, 4.69) is 11.3 Å². The van der Waals surface area contributed by atoms with E-state index in [1.165, 1.54) is 6.92 Å². The van der Waals surface area contributed by atoms with E-state index in [1.807, 2.05) is 0 Å². The van der Waals surface area contributed by atoms with Gasteiger partial charge in [-0.25, -0.2) is 4.79 Å². The summed E-state index contributed by atoms with van der Waals surface area (Å²) in [5.74, 6) is -1.07. The SMILES string of the molecule is C=C(C)C(=O)OC(O)C(CC)CO. The first-order valence-corrected chi connectivity index (χ1v) is 4.18. The summed E-state index contributed by atoms with van der Waals surface area (Å²) in [7, 11) is 0. The molecule has 0 bridgehead atoms. The van der Waals surface area contributed by atoms with Gasteiger partial charge in [-0.1, -0.05) is 13.5 Å². The number of hydrogen-bond donors (Lipinski definition) is 2. The third-order valence-corrected chi connectivity index (χ3v) is 1.74. The highest BCUT2D eigenvalue weighted by atomic mass is 16.6.